The molecule has 0 aromatic carbocycles. The van der Waals surface area contributed by atoms with Gasteiger partial charge in [0.2, 0.25) is 0 Å². The third-order valence-electron chi connectivity index (χ3n) is 3.08. The van der Waals surface area contributed by atoms with Gasteiger partial charge in [0.1, 0.15) is 0 Å². The van der Waals surface area contributed by atoms with E-state index in [1.807, 2.05) is 18.8 Å². The summed E-state index contributed by atoms with van der Waals surface area (Å²) in [5, 5.41) is 3.42. The minimum Gasteiger partial charge on any atom is -0.356 e. The van der Waals surface area contributed by atoms with Gasteiger partial charge >= 0.3 is 0 Å². The van der Waals surface area contributed by atoms with Gasteiger partial charge in [0, 0.05) is 39.6 Å². The van der Waals surface area contributed by atoms with Crippen LogP contribution in [0, 0.1) is 0 Å². The number of nitrogens with zero attached hydrogens (tertiary/aromatic N) is 3. The quantitative estimate of drug-likeness (QED) is 0.325. The van der Waals surface area contributed by atoms with Crippen LogP contribution < -0.4 is 5.32 Å². The zero-order valence-electron chi connectivity index (χ0n) is 12.9. The molecule has 0 fully saturated rings. The summed E-state index contributed by atoms with van der Waals surface area (Å²) in [6.45, 7) is 1.86. The molecule has 0 atom stereocenters. The predicted molar refractivity (Wildman–Crippen MR) is 101 cm³/mol. The zero-order valence-corrected chi connectivity index (χ0v) is 16.1. The number of hydrogen-bond donors (Lipinski definition) is 1. The lowest BCUT2D eigenvalue weighted by Crippen LogP contribution is -2.39. The summed E-state index contributed by atoms with van der Waals surface area (Å²) in [7, 11) is 5.98. The van der Waals surface area contributed by atoms with Gasteiger partial charge in [-0.05, 0) is 37.0 Å². The number of rotatable bonds is 7. The summed E-state index contributed by atoms with van der Waals surface area (Å²) < 4.78 is 2.14. The second-order valence-corrected chi connectivity index (χ2v) is 5.63. The van der Waals surface area contributed by atoms with Crippen LogP contribution in [-0.4, -0.2) is 48.1 Å². The van der Waals surface area contributed by atoms with Crippen molar-refractivity contribution < 1.29 is 0 Å². The average Bonchev–Trinajstić information content (AvgIpc) is 2.79. The van der Waals surface area contributed by atoms with Crippen molar-refractivity contribution in [1.29, 1.82) is 0 Å². The maximum absolute atomic E-state index is 4.33. The fraction of sp³-hybridized carbons (Fsp3) is 0.643. The molecule has 1 aromatic heterocycles. The monoisotopic (exact) mass is 410 g/mol. The smallest absolute Gasteiger partial charge is 0.193 e. The summed E-state index contributed by atoms with van der Waals surface area (Å²) in [5.41, 5.74) is 1.29. The maximum Gasteiger partial charge on any atom is 0.193 e. The molecule has 0 bridgehead atoms. The molecule has 0 unspecified atom stereocenters. The van der Waals surface area contributed by atoms with Gasteiger partial charge < -0.3 is 14.8 Å². The van der Waals surface area contributed by atoms with Crippen molar-refractivity contribution in [2.75, 3.05) is 32.6 Å². The van der Waals surface area contributed by atoms with Gasteiger partial charge in [-0.1, -0.05) is 0 Å². The summed E-state index contributed by atoms with van der Waals surface area (Å²) in [6.07, 6.45) is 6.67. The molecule has 1 aromatic rings. The zero-order chi connectivity index (χ0) is 14.1. The molecule has 0 aliphatic rings. The first-order valence-electron chi connectivity index (χ1n) is 6.70. The number of thioether (sulfide) groups is 1. The van der Waals surface area contributed by atoms with Crippen LogP contribution in [-0.2, 0) is 13.6 Å². The summed E-state index contributed by atoms with van der Waals surface area (Å²) in [5.74, 6) is 2.20. The molecule has 0 aliphatic carbocycles. The molecule has 1 N–H and O–H groups in total. The number of aliphatic imine (C=N–C) groups is 1. The summed E-state index contributed by atoms with van der Waals surface area (Å²) >= 11 is 1.91. The third kappa shape index (κ3) is 6.88. The van der Waals surface area contributed by atoms with Crippen molar-refractivity contribution in [3.63, 3.8) is 0 Å². The molecule has 0 spiro atoms. The molecule has 6 heteroatoms. The second kappa shape index (κ2) is 11.3. The highest BCUT2D eigenvalue weighted by atomic mass is 127. The molecule has 116 valence electrons. The van der Waals surface area contributed by atoms with Crippen LogP contribution in [0.25, 0.3) is 0 Å². The molecule has 0 saturated heterocycles. The largest absolute Gasteiger partial charge is 0.356 e. The van der Waals surface area contributed by atoms with Crippen LogP contribution in [0.2, 0.25) is 0 Å². The lowest BCUT2D eigenvalue weighted by Gasteiger charge is -2.22. The molecule has 20 heavy (non-hydrogen) atoms. The molecule has 0 amide bonds. The Morgan fingerprint density at radius 3 is 2.75 bits per heavy atom. The molecule has 4 nitrogen and oxygen atoms in total. The normalized spacial score (nSPS) is 11.1. The van der Waals surface area contributed by atoms with E-state index in [2.05, 4.69) is 58.5 Å². The Bertz CT molecular complexity index is 392. The van der Waals surface area contributed by atoms with Crippen molar-refractivity contribution in [3.05, 3.63) is 24.0 Å². The highest BCUT2D eigenvalue weighted by Gasteiger charge is 2.07. The fourth-order valence-electron chi connectivity index (χ4n) is 1.93. The van der Waals surface area contributed by atoms with Gasteiger partial charge in [0.05, 0.1) is 6.54 Å². The number of hydrogen-bond acceptors (Lipinski definition) is 2. The van der Waals surface area contributed by atoms with Gasteiger partial charge in [-0.3, -0.25) is 4.99 Å². The van der Waals surface area contributed by atoms with E-state index in [1.54, 1.807) is 0 Å². The van der Waals surface area contributed by atoms with E-state index in [1.165, 1.54) is 24.3 Å². The molecule has 1 rings (SSSR count). The van der Waals surface area contributed by atoms with Gasteiger partial charge in [-0.25, -0.2) is 0 Å². The molecular formula is C14H27IN4S. The first-order chi connectivity index (χ1) is 9.19. The molecule has 0 saturated carbocycles. The summed E-state index contributed by atoms with van der Waals surface area (Å²) in [4.78, 5) is 6.49. The highest BCUT2D eigenvalue weighted by Crippen LogP contribution is 2.04. The van der Waals surface area contributed by atoms with E-state index in [-0.39, 0.29) is 24.0 Å². The number of nitrogens with one attached hydrogen (secondary N) is 1. The SMILES string of the molecule is CN=C(NCCCCSC)N(C)Cc1cccn1C.I. The van der Waals surface area contributed by atoms with Crippen molar-refractivity contribution in [3.8, 4) is 0 Å². The van der Waals surface area contributed by atoms with Crippen LogP contribution in [0.4, 0.5) is 0 Å². The Morgan fingerprint density at radius 2 is 2.20 bits per heavy atom. The first-order valence-corrected chi connectivity index (χ1v) is 8.09. The van der Waals surface area contributed by atoms with E-state index in [0.29, 0.717) is 0 Å². The number of aryl methyl sites for hydroxylation is 1. The van der Waals surface area contributed by atoms with E-state index >= 15 is 0 Å². The predicted octanol–water partition coefficient (Wildman–Crippen LogP) is 2.79. The number of unbranched alkanes of at least 4 members (excludes halogenated alkanes) is 1. The maximum atomic E-state index is 4.33. The fourth-order valence-corrected chi connectivity index (χ4v) is 2.43. The third-order valence-corrected chi connectivity index (χ3v) is 3.78. The van der Waals surface area contributed by atoms with Gasteiger partial charge in [-0.15, -0.1) is 24.0 Å². The number of aromatic nitrogens is 1. The number of guanidine groups is 1. The van der Waals surface area contributed by atoms with Crippen molar-refractivity contribution >= 4 is 41.7 Å². The molecule has 0 aliphatic heterocycles. The Balaban J connectivity index is 0.00000361. The molecule has 1 heterocycles. The Kier molecular flexibility index (Phi) is 11.1. The lowest BCUT2D eigenvalue weighted by atomic mass is 10.3. The Morgan fingerprint density at radius 1 is 1.45 bits per heavy atom. The van der Waals surface area contributed by atoms with Crippen molar-refractivity contribution in [1.82, 2.24) is 14.8 Å². The second-order valence-electron chi connectivity index (χ2n) is 4.64. The van der Waals surface area contributed by atoms with Crippen LogP contribution in [0.15, 0.2) is 23.3 Å². The topological polar surface area (TPSA) is 32.6 Å². The summed E-state index contributed by atoms with van der Waals surface area (Å²) in [6, 6.07) is 4.21. The van der Waals surface area contributed by atoms with E-state index in [4.69, 9.17) is 0 Å². The van der Waals surface area contributed by atoms with Crippen LogP contribution in [0.5, 0.6) is 0 Å². The number of halogens is 1. The molecule has 0 radical (unpaired) electrons. The standard InChI is InChI=1S/C14H26N4S.HI/c1-15-14(16-9-5-6-11-19-4)18(3)12-13-8-7-10-17(13)2;/h7-8,10H,5-6,9,11-12H2,1-4H3,(H,15,16);1H. The van der Waals surface area contributed by atoms with Crippen LogP contribution >= 0.6 is 35.7 Å². The Labute approximate surface area is 144 Å². The highest BCUT2D eigenvalue weighted by molar-refractivity contribution is 14.0. The van der Waals surface area contributed by atoms with Crippen LogP contribution in [0.1, 0.15) is 18.5 Å². The first kappa shape index (κ1) is 19.6. The molecular weight excluding hydrogens is 383 g/mol. The van der Waals surface area contributed by atoms with Crippen molar-refractivity contribution in [2.45, 2.75) is 19.4 Å². The average molecular weight is 410 g/mol. The van der Waals surface area contributed by atoms with Gasteiger partial charge in [0.15, 0.2) is 5.96 Å². The van der Waals surface area contributed by atoms with E-state index in [0.717, 1.165) is 19.0 Å². The minimum absolute atomic E-state index is 0. The van der Waals surface area contributed by atoms with Gasteiger partial charge in [-0.2, -0.15) is 11.8 Å². The minimum atomic E-state index is 0. The van der Waals surface area contributed by atoms with E-state index in [9.17, 15) is 0 Å². The lowest BCUT2D eigenvalue weighted by molar-refractivity contribution is 0.461. The van der Waals surface area contributed by atoms with E-state index < -0.39 is 0 Å². The Hall–Kier alpha value is -0.370. The van der Waals surface area contributed by atoms with Crippen molar-refractivity contribution in [2.24, 2.45) is 12.0 Å². The van der Waals surface area contributed by atoms with Crippen LogP contribution in [0.3, 0.4) is 0 Å². The van der Waals surface area contributed by atoms with Gasteiger partial charge in [0.25, 0.3) is 0 Å².